The summed E-state index contributed by atoms with van der Waals surface area (Å²) in [5, 5.41) is 30.4. The third kappa shape index (κ3) is 11.7. The van der Waals surface area contributed by atoms with Crippen LogP contribution < -0.4 is 0 Å². The second-order valence-corrected chi connectivity index (χ2v) is 12.4. The molecule has 0 saturated heterocycles. The molecule has 0 aromatic carbocycles. The van der Waals surface area contributed by atoms with E-state index in [1.807, 2.05) is 6.92 Å². The van der Waals surface area contributed by atoms with Gasteiger partial charge in [0.1, 0.15) is 17.6 Å². The van der Waals surface area contributed by atoms with Gasteiger partial charge in [-0.2, -0.15) is 0 Å². The lowest BCUT2D eigenvalue weighted by molar-refractivity contribution is -0.161. The van der Waals surface area contributed by atoms with E-state index in [-0.39, 0.29) is 12.3 Å². The molecule has 3 N–H and O–H groups in total. The Kier molecular flexibility index (Phi) is 17.7. The maximum absolute atomic E-state index is 14.2. The minimum Gasteiger partial charge on any atom is -0.394 e. The molecule has 0 rings (SSSR count). The molecule has 0 spiro atoms. The molecule has 6 nitrogen and oxygen atoms in total. The molecule has 6 heteroatoms. The quantitative estimate of drug-likeness (QED) is 0.119. The van der Waals surface area contributed by atoms with Crippen molar-refractivity contribution in [2.45, 2.75) is 138 Å². The van der Waals surface area contributed by atoms with Crippen LogP contribution in [0.25, 0.3) is 0 Å². The highest BCUT2D eigenvalue weighted by Gasteiger charge is 2.56. The van der Waals surface area contributed by atoms with Crippen molar-refractivity contribution in [3.63, 3.8) is 0 Å². The molecule has 0 aliphatic carbocycles. The van der Waals surface area contributed by atoms with Crippen LogP contribution in [0.4, 0.5) is 0 Å². The van der Waals surface area contributed by atoms with Crippen molar-refractivity contribution >= 4 is 17.3 Å². The second kappa shape index (κ2) is 18.2. The van der Waals surface area contributed by atoms with Gasteiger partial charge in [-0.15, -0.1) is 0 Å². The van der Waals surface area contributed by atoms with Crippen LogP contribution in [0.5, 0.6) is 0 Å². The number of Topliss-reactive ketones (excluding diaryl/α,β-unsaturated/α-hetero) is 3. The lowest BCUT2D eigenvalue weighted by Crippen LogP contribution is -2.57. The van der Waals surface area contributed by atoms with Crippen LogP contribution in [-0.2, 0) is 14.4 Å². The Morgan fingerprint density at radius 1 is 0.649 bits per heavy atom. The number of unbranched alkanes of at least 4 members (excludes halogenated alkanes) is 2. The molecule has 37 heavy (non-hydrogen) atoms. The number of ketones is 3. The summed E-state index contributed by atoms with van der Waals surface area (Å²) in [4.78, 5) is 42.3. The average Bonchev–Trinajstić information content (AvgIpc) is 2.84. The predicted octanol–water partition coefficient (Wildman–Crippen LogP) is 5.93. The summed E-state index contributed by atoms with van der Waals surface area (Å²) < 4.78 is 0. The Morgan fingerprint density at radius 2 is 1.11 bits per heavy atom. The van der Waals surface area contributed by atoms with Gasteiger partial charge in [-0.3, -0.25) is 14.4 Å². The topological polar surface area (TPSA) is 112 Å². The summed E-state index contributed by atoms with van der Waals surface area (Å²) in [6.07, 6.45) is 4.63. The summed E-state index contributed by atoms with van der Waals surface area (Å²) in [6.45, 7) is 15.3. The van der Waals surface area contributed by atoms with Crippen LogP contribution in [-0.4, -0.2) is 51.5 Å². The van der Waals surface area contributed by atoms with E-state index in [4.69, 9.17) is 0 Å². The summed E-state index contributed by atoms with van der Waals surface area (Å²) in [6, 6.07) is 0. The molecule has 0 amide bonds. The van der Waals surface area contributed by atoms with Gasteiger partial charge in [0, 0.05) is 11.8 Å². The second-order valence-electron chi connectivity index (χ2n) is 12.4. The minimum atomic E-state index is -2.02. The Labute approximate surface area is 227 Å². The third-order valence-electron chi connectivity index (χ3n) is 7.77. The molecular formula is C31H58O6. The largest absolute Gasteiger partial charge is 0.394 e. The zero-order chi connectivity index (χ0) is 28.8. The van der Waals surface area contributed by atoms with E-state index in [0.717, 1.165) is 51.4 Å². The number of aliphatic hydroxyl groups excluding tert-OH is 3. The Hall–Kier alpha value is -1.11. The molecule has 0 aliphatic heterocycles. The number of rotatable bonds is 22. The standard InChI is InChI=1S/C31H58O6/c1-9-10-11-17-24(7)28(35)31(30(37)27(34)26(33)20-32,19-23(6)16-12-14-21(2)3)29(36)25(8)18-13-15-22(4)5/h21-27,32-34H,9-20H2,1-8H3. The van der Waals surface area contributed by atoms with Gasteiger partial charge < -0.3 is 15.3 Å². The fourth-order valence-electron chi connectivity index (χ4n) is 5.33. The van der Waals surface area contributed by atoms with Crippen LogP contribution in [0, 0.1) is 35.0 Å². The smallest absolute Gasteiger partial charge is 0.185 e. The van der Waals surface area contributed by atoms with Gasteiger partial charge >= 0.3 is 0 Å². The van der Waals surface area contributed by atoms with Crippen LogP contribution in [0.3, 0.4) is 0 Å². The maximum Gasteiger partial charge on any atom is 0.185 e. The Balaban J connectivity index is 6.49. The van der Waals surface area contributed by atoms with E-state index >= 15 is 0 Å². The maximum atomic E-state index is 14.2. The molecule has 0 aromatic heterocycles. The zero-order valence-corrected chi connectivity index (χ0v) is 25.1. The molecule has 0 saturated carbocycles. The van der Waals surface area contributed by atoms with Crippen molar-refractivity contribution in [2.24, 2.45) is 35.0 Å². The predicted molar refractivity (Wildman–Crippen MR) is 150 cm³/mol. The summed E-state index contributed by atoms with van der Waals surface area (Å²) in [5.74, 6) is -1.96. The third-order valence-corrected chi connectivity index (χ3v) is 7.77. The van der Waals surface area contributed by atoms with Crippen molar-refractivity contribution in [1.29, 1.82) is 0 Å². The van der Waals surface area contributed by atoms with E-state index in [2.05, 4.69) is 34.6 Å². The molecule has 0 fully saturated rings. The molecule has 218 valence electrons. The van der Waals surface area contributed by atoms with Crippen molar-refractivity contribution in [3.8, 4) is 0 Å². The fourth-order valence-corrected chi connectivity index (χ4v) is 5.33. The average molecular weight is 527 g/mol. The Morgan fingerprint density at radius 3 is 1.54 bits per heavy atom. The highest BCUT2D eigenvalue weighted by Crippen LogP contribution is 2.40. The monoisotopic (exact) mass is 526 g/mol. The first kappa shape index (κ1) is 35.9. The number of carbonyl (C=O) groups is 3. The van der Waals surface area contributed by atoms with Crippen molar-refractivity contribution < 1.29 is 29.7 Å². The van der Waals surface area contributed by atoms with Gasteiger partial charge in [0.2, 0.25) is 0 Å². The van der Waals surface area contributed by atoms with Crippen molar-refractivity contribution in [1.82, 2.24) is 0 Å². The first-order chi connectivity index (χ1) is 17.3. The molecular weight excluding hydrogens is 468 g/mol. The van der Waals surface area contributed by atoms with Gasteiger partial charge in [0.05, 0.1) is 6.61 Å². The minimum absolute atomic E-state index is 0.0312. The molecule has 0 heterocycles. The first-order valence-electron chi connectivity index (χ1n) is 14.9. The van der Waals surface area contributed by atoms with Crippen LogP contribution in [0.2, 0.25) is 0 Å². The van der Waals surface area contributed by atoms with E-state index in [1.165, 1.54) is 0 Å². The van der Waals surface area contributed by atoms with Gasteiger partial charge in [-0.1, -0.05) is 107 Å². The number of aliphatic hydroxyl groups is 3. The van der Waals surface area contributed by atoms with E-state index in [9.17, 15) is 29.7 Å². The van der Waals surface area contributed by atoms with Gasteiger partial charge in [0.25, 0.3) is 0 Å². The highest BCUT2D eigenvalue weighted by molar-refractivity contribution is 6.26. The molecule has 0 aromatic rings. The van der Waals surface area contributed by atoms with E-state index < -0.39 is 53.4 Å². The molecule has 6 atom stereocenters. The fraction of sp³-hybridized carbons (Fsp3) is 0.903. The number of hydrogen-bond acceptors (Lipinski definition) is 6. The number of carbonyl (C=O) groups excluding carboxylic acids is 3. The van der Waals surface area contributed by atoms with Crippen LogP contribution in [0.1, 0.15) is 126 Å². The van der Waals surface area contributed by atoms with E-state index in [0.29, 0.717) is 24.7 Å². The molecule has 0 bridgehead atoms. The summed E-state index contributed by atoms with van der Waals surface area (Å²) in [5.41, 5.74) is -2.02. The van der Waals surface area contributed by atoms with Gasteiger partial charge in [-0.05, 0) is 37.0 Å². The van der Waals surface area contributed by atoms with Gasteiger partial charge in [0.15, 0.2) is 17.3 Å². The molecule has 6 unspecified atom stereocenters. The van der Waals surface area contributed by atoms with Crippen molar-refractivity contribution in [3.05, 3.63) is 0 Å². The Bertz CT molecular complexity index is 673. The normalized spacial score (nSPS) is 17.8. The lowest BCUT2D eigenvalue weighted by Gasteiger charge is -2.38. The van der Waals surface area contributed by atoms with Crippen molar-refractivity contribution in [2.75, 3.05) is 6.61 Å². The molecule has 0 radical (unpaired) electrons. The lowest BCUT2D eigenvalue weighted by atomic mass is 9.62. The van der Waals surface area contributed by atoms with Gasteiger partial charge in [-0.25, -0.2) is 0 Å². The highest BCUT2D eigenvalue weighted by atomic mass is 16.4. The first-order valence-corrected chi connectivity index (χ1v) is 14.9. The summed E-state index contributed by atoms with van der Waals surface area (Å²) >= 11 is 0. The SMILES string of the molecule is CCCCCC(C)C(=O)C(CC(C)CCCC(C)C)(C(=O)C(C)CCCC(C)C)C(=O)C(O)C(O)CO. The van der Waals surface area contributed by atoms with E-state index in [1.54, 1.807) is 13.8 Å². The zero-order valence-electron chi connectivity index (χ0n) is 25.1. The number of hydrogen-bond donors (Lipinski definition) is 3. The van der Waals surface area contributed by atoms with Crippen LogP contribution in [0.15, 0.2) is 0 Å². The summed E-state index contributed by atoms with van der Waals surface area (Å²) in [7, 11) is 0. The van der Waals surface area contributed by atoms with Crippen LogP contribution >= 0.6 is 0 Å². The molecule has 0 aliphatic rings.